The van der Waals surface area contributed by atoms with Gasteiger partial charge in [-0.15, -0.1) is 0 Å². The first-order valence-electron chi connectivity index (χ1n) is 6.39. The normalized spacial score (nSPS) is 10.5. The van der Waals surface area contributed by atoms with Crippen molar-refractivity contribution in [3.63, 3.8) is 0 Å². The molecular weight excluding hydrogens is 212 g/mol. The lowest BCUT2D eigenvalue weighted by molar-refractivity contribution is 0.290. The van der Waals surface area contributed by atoms with Gasteiger partial charge in [0.25, 0.3) is 0 Å². The van der Waals surface area contributed by atoms with Gasteiger partial charge in [0.05, 0.1) is 0 Å². The number of unbranched alkanes of at least 4 members (excludes halogenated alkanes) is 1. The summed E-state index contributed by atoms with van der Waals surface area (Å²) in [6.07, 6.45) is 4.20. The molecule has 0 aliphatic rings. The summed E-state index contributed by atoms with van der Waals surface area (Å²) in [7, 11) is 2.05. The number of hydrogen-bond acceptors (Lipinski definition) is 3. The van der Waals surface area contributed by atoms with E-state index in [1.54, 1.807) is 0 Å². The lowest BCUT2D eigenvalue weighted by atomic mass is 10.1. The van der Waals surface area contributed by atoms with Gasteiger partial charge in [0, 0.05) is 31.6 Å². The molecule has 0 saturated heterocycles. The summed E-state index contributed by atoms with van der Waals surface area (Å²) < 4.78 is 0. The molecule has 0 aliphatic carbocycles. The van der Waals surface area contributed by atoms with Crippen LogP contribution in [0, 0.1) is 0 Å². The molecule has 0 fully saturated rings. The number of benzene rings is 1. The molecule has 1 aromatic rings. The van der Waals surface area contributed by atoms with E-state index in [1.807, 2.05) is 19.2 Å². The predicted octanol–water partition coefficient (Wildman–Crippen LogP) is 2.43. The number of nitrogens with zero attached hydrogens (tertiary/aromatic N) is 1. The molecule has 0 aromatic heterocycles. The molecule has 0 atom stereocenters. The van der Waals surface area contributed by atoms with Gasteiger partial charge in [0.1, 0.15) is 0 Å². The minimum absolute atomic E-state index is 0.238. The Morgan fingerprint density at radius 1 is 1.29 bits per heavy atom. The lowest BCUT2D eigenvalue weighted by Crippen LogP contribution is -2.19. The van der Waals surface area contributed by atoms with E-state index >= 15 is 0 Å². The summed E-state index contributed by atoms with van der Waals surface area (Å²) in [5, 5.41) is 8.83. The van der Waals surface area contributed by atoms with Gasteiger partial charge in [0.2, 0.25) is 0 Å². The molecule has 0 unspecified atom stereocenters. The van der Waals surface area contributed by atoms with Gasteiger partial charge in [-0.3, -0.25) is 0 Å². The first-order chi connectivity index (χ1) is 8.19. The predicted molar refractivity (Wildman–Crippen MR) is 74.4 cm³/mol. The van der Waals surface area contributed by atoms with E-state index in [2.05, 4.69) is 17.9 Å². The highest BCUT2D eigenvalue weighted by molar-refractivity contribution is 5.58. The zero-order valence-electron chi connectivity index (χ0n) is 10.9. The van der Waals surface area contributed by atoms with Gasteiger partial charge in [-0.25, -0.2) is 0 Å². The van der Waals surface area contributed by atoms with Crippen molar-refractivity contribution in [1.29, 1.82) is 0 Å². The third-order valence-corrected chi connectivity index (χ3v) is 3.02. The van der Waals surface area contributed by atoms with Gasteiger partial charge >= 0.3 is 0 Å². The van der Waals surface area contributed by atoms with Gasteiger partial charge in [-0.2, -0.15) is 0 Å². The van der Waals surface area contributed by atoms with Crippen molar-refractivity contribution >= 4 is 11.4 Å². The Kier molecular flexibility index (Phi) is 5.84. The zero-order valence-corrected chi connectivity index (χ0v) is 10.9. The van der Waals surface area contributed by atoms with Crippen molar-refractivity contribution in [2.45, 2.75) is 32.6 Å². The van der Waals surface area contributed by atoms with Gasteiger partial charge < -0.3 is 15.7 Å². The number of nitrogens with two attached hydrogens (primary N) is 1. The maximum atomic E-state index is 8.83. The van der Waals surface area contributed by atoms with E-state index < -0.39 is 0 Å². The molecule has 3 N–H and O–H groups in total. The molecule has 1 rings (SSSR count). The largest absolute Gasteiger partial charge is 0.399 e. The highest BCUT2D eigenvalue weighted by Gasteiger charge is 2.04. The van der Waals surface area contributed by atoms with E-state index in [4.69, 9.17) is 10.8 Å². The fourth-order valence-electron chi connectivity index (χ4n) is 1.85. The molecule has 3 heteroatoms. The molecule has 0 bridgehead atoms. The lowest BCUT2D eigenvalue weighted by Gasteiger charge is -2.20. The fourth-order valence-corrected chi connectivity index (χ4v) is 1.85. The molecule has 0 aliphatic heterocycles. The number of nitrogen functional groups attached to an aromatic ring is 1. The van der Waals surface area contributed by atoms with Crippen LogP contribution in [0.1, 0.15) is 31.7 Å². The Labute approximate surface area is 104 Å². The molecule has 1 aromatic carbocycles. The summed E-state index contributed by atoms with van der Waals surface area (Å²) in [6.45, 7) is 3.29. The number of aliphatic hydroxyl groups is 1. The third-order valence-electron chi connectivity index (χ3n) is 3.02. The van der Waals surface area contributed by atoms with Crippen LogP contribution < -0.4 is 10.6 Å². The summed E-state index contributed by atoms with van der Waals surface area (Å²) in [5.74, 6) is 0. The van der Waals surface area contributed by atoms with E-state index in [9.17, 15) is 0 Å². The summed E-state index contributed by atoms with van der Waals surface area (Å²) in [6, 6.07) is 6.19. The van der Waals surface area contributed by atoms with Crippen LogP contribution in [0.2, 0.25) is 0 Å². The van der Waals surface area contributed by atoms with Crippen LogP contribution >= 0.6 is 0 Å². The second-order valence-corrected chi connectivity index (χ2v) is 4.49. The number of anilines is 2. The van der Waals surface area contributed by atoms with Crippen molar-refractivity contribution in [3.05, 3.63) is 23.8 Å². The molecule has 3 nitrogen and oxygen atoms in total. The van der Waals surface area contributed by atoms with Gasteiger partial charge in [-0.1, -0.05) is 13.3 Å². The van der Waals surface area contributed by atoms with E-state index in [1.165, 1.54) is 24.1 Å². The van der Waals surface area contributed by atoms with Crippen LogP contribution in [0.4, 0.5) is 11.4 Å². The van der Waals surface area contributed by atoms with Crippen LogP contribution in [0.15, 0.2) is 18.2 Å². The zero-order chi connectivity index (χ0) is 12.7. The second-order valence-electron chi connectivity index (χ2n) is 4.49. The Morgan fingerprint density at radius 3 is 2.71 bits per heavy atom. The van der Waals surface area contributed by atoms with Gasteiger partial charge in [-0.05, 0) is 43.0 Å². The number of hydrogen-bond donors (Lipinski definition) is 2. The van der Waals surface area contributed by atoms with Crippen LogP contribution in [0.3, 0.4) is 0 Å². The van der Waals surface area contributed by atoms with Crippen molar-refractivity contribution in [1.82, 2.24) is 0 Å². The van der Waals surface area contributed by atoms with Crippen molar-refractivity contribution in [2.24, 2.45) is 0 Å². The smallest absolute Gasteiger partial charge is 0.0447 e. The number of aryl methyl sites for hydroxylation is 1. The van der Waals surface area contributed by atoms with Crippen LogP contribution in [-0.4, -0.2) is 25.3 Å². The molecule has 0 heterocycles. The van der Waals surface area contributed by atoms with Crippen molar-refractivity contribution in [3.8, 4) is 0 Å². The monoisotopic (exact) mass is 236 g/mol. The fraction of sp³-hybridized carbons (Fsp3) is 0.571. The molecule has 17 heavy (non-hydrogen) atoms. The Hall–Kier alpha value is -1.22. The molecular formula is C14H24N2O. The average molecular weight is 236 g/mol. The highest BCUT2D eigenvalue weighted by Crippen LogP contribution is 2.22. The second kappa shape index (κ2) is 7.17. The Bertz CT molecular complexity index is 339. The minimum Gasteiger partial charge on any atom is -0.399 e. The molecule has 96 valence electrons. The Morgan fingerprint density at radius 2 is 2.06 bits per heavy atom. The first-order valence-corrected chi connectivity index (χ1v) is 6.39. The quantitative estimate of drug-likeness (QED) is 0.715. The topological polar surface area (TPSA) is 49.5 Å². The molecule has 0 saturated carbocycles. The summed E-state index contributed by atoms with van der Waals surface area (Å²) >= 11 is 0. The van der Waals surface area contributed by atoms with E-state index in [0.29, 0.717) is 0 Å². The first kappa shape index (κ1) is 13.8. The number of aliphatic hydroxyl groups excluding tert-OH is 1. The molecule has 0 amide bonds. The SMILES string of the molecule is CCCCc1cc(N(C)CCCO)ccc1N. The number of rotatable bonds is 7. The standard InChI is InChI=1S/C14H24N2O/c1-3-4-6-12-11-13(7-8-14(12)15)16(2)9-5-10-17/h7-8,11,17H,3-6,9-10,15H2,1-2H3. The van der Waals surface area contributed by atoms with E-state index in [-0.39, 0.29) is 6.61 Å². The van der Waals surface area contributed by atoms with Crippen LogP contribution in [-0.2, 0) is 6.42 Å². The van der Waals surface area contributed by atoms with Gasteiger partial charge in [0.15, 0.2) is 0 Å². The minimum atomic E-state index is 0.238. The summed E-state index contributed by atoms with van der Waals surface area (Å²) in [4.78, 5) is 2.16. The van der Waals surface area contributed by atoms with Crippen LogP contribution in [0.5, 0.6) is 0 Å². The Balaban J connectivity index is 2.72. The summed E-state index contributed by atoms with van der Waals surface area (Å²) in [5.41, 5.74) is 9.27. The highest BCUT2D eigenvalue weighted by atomic mass is 16.3. The third kappa shape index (κ3) is 4.27. The van der Waals surface area contributed by atoms with Crippen LogP contribution in [0.25, 0.3) is 0 Å². The maximum absolute atomic E-state index is 8.83. The average Bonchev–Trinajstić information content (AvgIpc) is 2.35. The molecule has 0 spiro atoms. The van der Waals surface area contributed by atoms with Crippen molar-refractivity contribution < 1.29 is 5.11 Å². The van der Waals surface area contributed by atoms with Crippen molar-refractivity contribution in [2.75, 3.05) is 30.8 Å². The molecule has 0 radical (unpaired) electrons. The maximum Gasteiger partial charge on any atom is 0.0447 e. The van der Waals surface area contributed by atoms with E-state index in [0.717, 1.165) is 25.1 Å².